The number of carbonyl (C=O) groups excluding carboxylic acids is 2. The van der Waals surface area contributed by atoms with E-state index < -0.39 is 15.4 Å². The van der Waals surface area contributed by atoms with Gasteiger partial charge in [-0.3, -0.25) is 14.4 Å². The van der Waals surface area contributed by atoms with E-state index in [0.29, 0.717) is 31.7 Å². The Labute approximate surface area is 203 Å². The predicted molar refractivity (Wildman–Crippen MR) is 130 cm³/mol. The molecule has 3 aliphatic rings. The summed E-state index contributed by atoms with van der Waals surface area (Å²) in [7, 11) is -1.11. The van der Waals surface area contributed by atoms with Crippen LogP contribution >= 0.6 is 0 Å². The van der Waals surface area contributed by atoms with Crippen LogP contribution in [0, 0.1) is 25.2 Å². The molecule has 3 heterocycles. The third kappa shape index (κ3) is 4.63. The zero-order chi connectivity index (χ0) is 25.1. The van der Waals surface area contributed by atoms with Crippen LogP contribution in [0.15, 0.2) is 0 Å². The Hall–Kier alpha value is -1.94. The summed E-state index contributed by atoms with van der Waals surface area (Å²) in [6, 6.07) is -0.442. The number of aryl methyl sites for hydroxylation is 1. The van der Waals surface area contributed by atoms with E-state index in [1.165, 1.54) is 4.90 Å². The molecule has 34 heavy (non-hydrogen) atoms. The van der Waals surface area contributed by atoms with Crippen molar-refractivity contribution in [3.8, 4) is 0 Å². The lowest BCUT2D eigenvalue weighted by Crippen LogP contribution is -2.51. The Balaban J connectivity index is 1.42. The second-order valence-corrected chi connectivity index (χ2v) is 13.9. The standard InChI is InChI=1S/C24H39N5O4S/c1-16-20(17(2)29(26-16)19-9-12-34(32,33)14-19)13-27(6)15-28-21(30)24(25-22(28)31)10-7-18(8-11-24)23(3,4)5/h18-19H,7-15H2,1-6H3,(H,25,31). The molecule has 4 rings (SSSR count). The Kier molecular flexibility index (Phi) is 6.38. The number of hydrogen-bond donors (Lipinski definition) is 1. The second kappa shape index (κ2) is 8.62. The zero-order valence-electron chi connectivity index (χ0n) is 21.3. The number of urea groups is 1. The first-order valence-corrected chi connectivity index (χ1v) is 14.1. The number of aromatic nitrogens is 2. The van der Waals surface area contributed by atoms with E-state index in [2.05, 4.69) is 31.2 Å². The lowest BCUT2D eigenvalue weighted by atomic mass is 9.67. The molecule has 2 aliphatic heterocycles. The van der Waals surface area contributed by atoms with Crippen LogP contribution in [0.1, 0.15) is 75.9 Å². The van der Waals surface area contributed by atoms with Crippen molar-refractivity contribution in [3.05, 3.63) is 17.0 Å². The Morgan fingerprint density at radius 2 is 1.79 bits per heavy atom. The van der Waals surface area contributed by atoms with Crippen molar-refractivity contribution in [3.63, 3.8) is 0 Å². The molecule has 1 spiro atoms. The lowest BCUT2D eigenvalue weighted by Gasteiger charge is -2.40. The summed E-state index contributed by atoms with van der Waals surface area (Å²) >= 11 is 0. The van der Waals surface area contributed by atoms with Gasteiger partial charge in [-0.15, -0.1) is 0 Å². The summed E-state index contributed by atoms with van der Waals surface area (Å²) in [5, 5.41) is 7.65. The highest BCUT2D eigenvalue weighted by Crippen LogP contribution is 2.43. The molecule has 1 N–H and O–H groups in total. The van der Waals surface area contributed by atoms with Gasteiger partial charge in [-0.25, -0.2) is 18.1 Å². The SMILES string of the molecule is Cc1nn(C2CCS(=O)(=O)C2)c(C)c1CN(C)CN1C(=O)NC2(CCC(C(C)(C)C)CC2)C1=O. The molecule has 1 unspecified atom stereocenters. The van der Waals surface area contributed by atoms with Gasteiger partial charge in [-0.05, 0) is 64.3 Å². The molecule has 1 aromatic heterocycles. The van der Waals surface area contributed by atoms with Gasteiger partial charge in [0.2, 0.25) is 0 Å². The molecule has 1 atom stereocenters. The van der Waals surface area contributed by atoms with Crippen molar-refractivity contribution < 1.29 is 18.0 Å². The van der Waals surface area contributed by atoms with E-state index in [1.807, 2.05) is 30.5 Å². The zero-order valence-corrected chi connectivity index (χ0v) is 22.2. The topological polar surface area (TPSA) is 105 Å². The van der Waals surface area contributed by atoms with Crippen LogP contribution in [0.4, 0.5) is 4.79 Å². The molecule has 1 saturated carbocycles. The molecule has 2 saturated heterocycles. The minimum atomic E-state index is -3.00. The summed E-state index contributed by atoms with van der Waals surface area (Å²) in [5.74, 6) is 0.773. The number of rotatable bonds is 5. The third-order valence-electron chi connectivity index (χ3n) is 8.15. The summed E-state index contributed by atoms with van der Waals surface area (Å²) in [6.07, 6.45) is 3.84. The van der Waals surface area contributed by atoms with Crippen molar-refractivity contribution in [2.75, 3.05) is 25.2 Å². The number of nitrogens with one attached hydrogen (secondary N) is 1. The van der Waals surface area contributed by atoms with Gasteiger partial charge in [0.05, 0.1) is 29.9 Å². The van der Waals surface area contributed by atoms with Gasteiger partial charge in [-0.1, -0.05) is 20.8 Å². The smallest absolute Gasteiger partial charge is 0.323 e. The summed E-state index contributed by atoms with van der Waals surface area (Å²) in [6.45, 7) is 11.3. The van der Waals surface area contributed by atoms with Crippen LogP contribution in [0.3, 0.4) is 0 Å². The van der Waals surface area contributed by atoms with Crippen LogP contribution in [-0.4, -0.2) is 70.7 Å². The van der Waals surface area contributed by atoms with Gasteiger partial charge in [0.1, 0.15) is 5.54 Å². The Morgan fingerprint density at radius 3 is 2.35 bits per heavy atom. The summed E-state index contributed by atoms with van der Waals surface area (Å²) in [4.78, 5) is 29.4. The third-order valence-corrected chi connectivity index (χ3v) is 9.90. The molecule has 190 valence electrons. The molecule has 1 aliphatic carbocycles. The lowest BCUT2D eigenvalue weighted by molar-refractivity contribution is -0.134. The van der Waals surface area contributed by atoms with Crippen molar-refractivity contribution in [1.29, 1.82) is 0 Å². The number of sulfone groups is 1. The van der Waals surface area contributed by atoms with E-state index in [4.69, 9.17) is 0 Å². The summed E-state index contributed by atoms with van der Waals surface area (Å²) < 4.78 is 25.7. The van der Waals surface area contributed by atoms with Crippen molar-refractivity contribution >= 4 is 21.8 Å². The maximum atomic E-state index is 13.4. The van der Waals surface area contributed by atoms with Crippen LogP contribution < -0.4 is 5.32 Å². The quantitative estimate of drug-likeness (QED) is 0.633. The fourth-order valence-electron chi connectivity index (χ4n) is 5.93. The van der Waals surface area contributed by atoms with Gasteiger partial charge >= 0.3 is 6.03 Å². The molecule has 3 amide bonds. The molecule has 10 heteroatoms. The first-order valence-electron chi connectivity index (χ1n) is 12.3. The van der Waals surface area contributed by atoms with Crippen LogP contribution in [0.5, 0.6) is 0 Å². The van der Waals surface area contributed by atoms with Gasteiger partial charge in [0, 0.05) is 17.8 Å². The maximum Gasteiger partial charge on any atom is 0.326 e. The number of amides is 3. The second-order valence-electron chi connectivity index (χ2n) is 11.7. The minimum absolute atomic E-state index is 0.114. The molecule has 0 bridgehead atoms. The molecule has 0 radical (unpaired) electrons. The molecule has 0 aromatic carbocycles. The highest BCUT2D eigenvalue weighted by Gasteiger charge is 2.53. The highest BCUT2D eigenvalue weighted by molar-refractivity contribution is 7.91. The number of carbonyl (C=O) groups is 2. The molecular formula is C24H39N5O4S. The number of imide groups is 1. The highest BCUT2D eigenvalue weighted by atomic mass is 32.2. The van der Waals surface area contributed by atoms with Crippen LogP contribution in [0.25, 0.3) is 0 Å². The largest absolute Gasteiger partial charge is 0.326 e. The normalized spacial score (nSPS) is 29.4. The van der Waals surface area contributed by atoms with E-state index in [9.17, 15) is 18.0 Å². The molecular weight excluding hydrogens is 454 g/mol. The van der Waals surface area contributed by atoms with Gasteiger partial charge in [0.15, 0.2) is 9.84 Å². The first-order chi connectivity index (χ1) is 15.7. The fraction of sp³-hybridized carbons (Fsp3) is 0.792. The summed E-state index contributed by atoms with van der Waals surface area (Å²) in [5.41, 5.74) is 2.25. The average molecular weight is 494 g/mol. The minimum Gasteiger partial charge on any atom is -0.323 e. The number of nitrogens with zero attached hydrogens (tertiary/aromatic N) is 4. The van der Waals surface area contributed by atoms with Gasteiger partial charge < -0.3 is 5.32 Å². The van der Waals surface area contributed by atoms with Crippen molar-refractivity contribution in [1.82, 2.24) is 24.9 Å². The molecule has 3 fully saturated rings. The average Bonchev–Trinajstić information content (AvgIpc) is 3.31. The van der Waals surface area contributed by atoms with Crippen LogP contribution in [0.2, 0.25) is 0 Å². The van der Waals surface area contributed by atoms with E-state index in [0.717, 1.165) is 29.8 Å². The molecule has 1 aromatic rings. The van der Waals surface area contributed by atoms with Crippen molar-refractivity contribution in [2.45, 2.75) is 84.8 Å². The fourth-order valence-corrected chi connectivity index (χ4v) is 7.62. The van der Waals surface area contributed by atoms with E-state index in [1.54, 1.807) is 0 Å². The van der Waals surface area contributed by atoms with E-state index in [-0.39, 0.29) is 41.6 Å². The predicted octanol–water partition coefficient (Wildman–Crippen LogP) is 2.78. The maximum absolute atomic E-state index is 13.4. The number of hydrogen-bond acceptors (Lipinski definition) is 6. The molecule has 9 nitrogen and oxygen atoms in total. The van der Waals surface area contributed by atoms with Gasteiger partial charge in [-0.2, -0.15) is 5.10 Å². The van der Waals surface area contributed by atoms with Crippen LogP contribution in [-0.2, 0) is 21.2 Å². The van der Waals surface area contributed by atoms with Gasteiger partial charge in [0.25, 0.3) is 5.91 Å². The Bertz CT molecular complexity index is 1080. The first kappa shape index (κ1) is 25.2. The van der Waals surface area contributed by atoms with Crippen molar-refractivity contribution in [2.24, 2.45) is 11.3 Å². The van der Waals surface area contributed by atoms with E-state index >= 15 is 0 Å². The monoisotopic (exact) mass is 493 g/mol. The Morgan fingerprint density at radius 1 is 1.15 bits per heavy atom.